The standard InChI is InChI=1S/C13H14F3NO2/c1-3-17(4-2)12(19)11-6-5-10(13(14,15)16)7-9(11)8-18/h5-8H,3-4H2,1-2H3. The number of carbonyl (C=O) groups is 2. The van der Waals surface area contributed by atoms with Gasteiger partial charge in [-0.25, -0.2) is 0 Å². The van der Waals surface area contributed by atoms with Crippen molar-refractivity contribution in [3.05, 3.63) is 34.9 Å². The molecular weight excluding hydrogens is 259 g/mol. The molecule has 0 aliphatic heterocycles. The normalized spacial score (nSPS) is 11.2. The van der Waals surface area contributed by atoms with E-state index in [1.807, 2.05) is 0 Å². The summed E-state index contributed by atoms with van der Waals surface area (Å²) in [4.78, 5) is 24.3. The Morgan fingerprint density at radius 1 is 1.26 bits per heavy atom. The van der Waals surface area contributed by atoms with E-state index in [1.54, 1.807) is 13.8 Å². The quantitative estimate of drug-likeness (QED) is 0.791. The van der Waals surface area contributed by atoms with Crippen LogP contribution in [0.3, 0.4) is 0 Å². The number of alkyl halides is 3. The molecule has 0 aliphatic rings. The molecule has 0 radical (unpaired) electrons. The van der Waals surface area contributed by atoms with Crippen LogP contribution in [-0.2, 0) is 6.18 Å². The number of hydrogen-bond donors (Lipinski definition) is 0. The van der Waals surface area contributed by atoms with Crippen molar-refractivity contribution >= 4 is 12.2 Å². The SMILES string of the molecule is CCN(CC)C(=O)c1ccc(C(F)(F)F)cc1C=O. The fourth-order valence-corrected chi connectivity index (χ4v) is 1.71. The first kappa shape index (κ1) is 15.2. The lowest BCUT2D eigenvalue weighted by atomic mass is 10.0. The van der Waals surface area contributed by atoms with E-state index in [-0.39, 0.29) is 17.4 Å². The zero-order chi connectivity index (χ0) is 14.6. The van der Waals surface area contributed by atoms with Gasteiger partial charge in [0, 0.05) is 18.7 Å². The van der Waals surface area contributed by atoms with Crippen LogP contribution in [0.15, 0.2) is 18.2 Å². The molecule has 1 aromatic carbocycles. The summed E-state index contributed by atoms with van der Waals surface area (Å²) >= 11 is 0. The summed E-state index contributed by atoms with van der Waals surface area (Å²) in [5, 5.41) is 0. The van der Waals surface area contributed by atoms with Crippen molar-refractivity contribution in [1.82, 2.24) is 4.90 Å². The number of nitrogens with zero attached hydrogens (tertiary/aromatic N) is 1. The van der Waals surface area contributed by atoms with Gasteiger partial charge >= 0.3 is 6.18 Å². The van der Waals surface area contributed by atoms with Crippen molar-refractivity contribution in [1.29, 1.82) is 0 Å². The highest BCUT2D eigenvalue weighted by Gasteiger charge is 2.31. The van der Waals surface area contributed by atoms with Gasteiger partial charge in [0.2, 0.25) is 0 Å². The molecule has 0 bridgehead atoms. The molecule has 0 aliphatic carbocycles. The molecule has 0 unspecified atom stereocenters. The highest BCUT2D eigenvalue weighted by molar-refractivity contribution is 6.01. The van der Waals surface area contributed by atoms with Crippen molar-refractivity contribution in [3.8, 4) is 0 Å². The molecule has 0 saturated heterocycles. The summed E-state index contributed by atoms with van der Waals surface area (Å²) in [6, 6.07) is 2.56. The van der Waals surface area contributed by atoms with Crippen LogP contribution < -0.4 is 0 Å². The monoisotopic (exact) mass is 273 g/mol. The topological polar surface area (TPSA) is 37.4 Å². The fourth-order valence-electron chi connectivity index (χ4n) is 1.71. The summed E-state index contributed by atoms with van der Waals surface area (Å²) < 4.78 is 37.5. The van der Waals surface area contributed by atoms with Crippen molar-refractivity contribution in [2.75, 3.05) is 13.1 Å². The smallest absolute Gasteiger partial charge is 0.339 e. The van der Waals surface area contributed by atoms with Gasteiger partial charge in [0.25, 0.3) is 5.91 Å². The van der Waals surface area contributed by atoms with E-state index in [4.69, 9.17) is 0 Å². The average molecular weight is 273 g/mol. The lowest BCUT2D eigenvalue weighted by Crippen LogP contribution is -2.31. The van der Waals surface area contributed by atoms with Gasteiger partial charge in [-0.2, -0.15) is 13.2 Å². The molecule has 0 spiro atoms. The second kappa shape index (κ2) is 5.86. The predicted octanol–water partition coefficient (Wildman–Crippen LogP) is 3.00. The zero-order valence-corrected chi connectivity index (χ0v) is 10.6. The summed E-state index contributed by atoms with van der Waals surface area (Å²) in [5.74, 6) is -0.444. The van der Waals surface area contributed by atoms with Gasteiger partial charge in [-0.05, 0) is 32.0 Å². The van der Waals surface area contributed by atoms with Crippen molar-refractivity contribution in [3.63, 3.8) is 0 Å². The molecule has 0 N–H and O–H groups in total. The van der Waals surface area contributed by atoms with Crippen molar-refractivity contribution < 1.29 is 22.8 Å². The number of rotatable bonds is 4. The highest BCUT2D eigenvalue weighted by atomic mass is 19.4. The summed E-state index contributed by atoms with van der Waals surface area (Å²) in [6.45, 7) is 4.36. The molecule has 6 heteroatoms. The van der Waals surface area contributed by atoms with Gasteiger partial charge in [0.1, 0.15) is 0 Å². The Kier molecular flexibility index (Phi) is 4.69. The third kappa shape index (κ3) is 3.33. The Hall–Kier alpha value is -1.85. The maximum absolute atomic E-state index is 12.5. The molecule has 0 atom stereocenters. The number of hydrogen-bond acceptors (Lipinski definition) is 2. The van der Waals surface area contributed by atoms with Crippen LogP contribution in [0.5, 0.6) is 0 Å². The largest absolute Gasteiger partial charge is 0.416 e. The van der Waals surface area contributed by atoms with Crippen molar-refractivity contribution in [2.45, 2.75) is 20.0 Å². The lowest BCUT2D eigenvalue weighted by molar-refractivity contribution is -0.137. The molecule has 1 aromatic rings. The van der Waals surface area contributed by atoms with Crippen molar-refractivity contribution in [2.24, 2.45) is 0 Å². The third-order valence-corrected chi connectivity index (χ3v) is 2.79. The molecule has 1 amide bonds. The minimum atomic E-state index is -4.53. The van der Waals surface area contributed by atoms with Gasteiger partial charge in [0.15, 0.2) is 6.29 Å². The van der Waals surface area contributed by atoms with Crippen LogP contribution in [0.4, 0.5) is 13.2 Å². The van der Waals surface area contributed by atoms with Gasteiger partial charge in [-0.3, -0.25) is 9.59 Å². The first-order valence-corrected chi connectivity index (χ1v) is 5.80. The van der Waals surface area contributed by atoms with E-state index in [0.29, 0.717) is 19.2 Å². The van der Waals surface area contributed by atoms with E-state index in [2.05, 4.69) is 0 Å². The molecule has 1 rings (SSSR count). The lowest BCUT2D eigenvalue weighted by Gasteiger charge is -2.20. The summed E-state index contributed by atoms with van der Waals surface area (Å²) in [7, 11) is 0. The first-order chi connectivity index (χ1) is 8.85. The fraction of sp³-hybridized carbons (Fsp3) is 0.385. The maximum atomic E-state index is 12.5. The van der Waals surface area contributed by atoms with Crippen LogP contribution in [0.1, 0.15) is 40.1 Å². The van der Waals surface area contributed by atoms with E-state index in [9.17, 15) is 22.8 Å². The summed E-state index contributed by atoms with van der Waals surface area (Å²) in [6.07, 6.45) is -4.26. The molecule has 0 aromatic heterocycles. The van der Waals surface area contributed by atoms with E-state index in [1.165, 1.54) is 4.90 Å². The van der Waals surface area contributed by atoms with Gasteiger partial charge in [-0.15, -0.1) is 0 Å². The number of carbonyl (C=O) groups excluding carboxylic acids is 2. The second-order valence-corrected chi connectivity index (χ2v) is 3.90. The number of halogens is 3. The average Bonchev–Trinajstić information content (AvgIpc) is 2.38. The molecule has 0 saturated carbocycles. The Labute approximate surface area is 109 Å². The Bertz CT molecular complexity index is 479. The third-order valence-electron chi connectivity index (χ3n) is 2.79. The molecular formula is C13H14F3NO2. The highest BCUT2D eigenvalue weighted by Crippen LogP contribution is 2.30. The van der Waals surface area contributed by atoms with Gasteiger partial charge in [-0.1, -0.05) is 0 Å². The molecule has 104 valence electrons. The molecule has 19 heavy (non-hydrogen) atoms. The minimum Gasteiger partial charge on any atom is -0.339 e. The van der Waals surface area contributed by atoms with Gasteiger partial charge in [0.05, 0.1) is 11.1 Å². The summed E-state index contributed by atoms with van der Waals surface area (Å²) in [5.41, 5.74) is -1.19. The van der Waals surface area contributed by atoms with Gasteiger partial charge < -0.3 is 4.90 Å². The predicted molar refractivity (Wildman–Crippen MR) is 64.1 cm³/mol. The van der Waals surface area contributed by atoms with Crippen LogP contribution in [0.25, 0.3) is 0 Å². The number of amides is 1. The zero-order valence-electron chi connectivity index (χ0n) is 10.6. The van der Waals surface area contributed by atoms with Crippen LogP contribution in [-0.4, -0.2) is 30.2 Å². The van der Waals surface area contributed by atoms with E-state index in [0.717, 1.165) is 12.1 Å². The van der Waals surface area contributed by atoms with E-state index < -0.39 is 17.6 Å². The number of aldehydes is 1. The first-order valence-electron chi connectivity index (χ1n) is 5.80. The molecule has 0 heterocycles. The molecule has 0 fully saturated rings. The van der Waals surface area contributed by atoms with E-state index >= 15 is 0 Å². The Morgan fingerprint density at radius 3 is 2.26 bits per heavy atom. The minimum absolute atomic E-state index is 0.00769. The number of benzene rings is 1. The Balaban J connectivity index is 3.23. The Morgan fingerprint density at radius 2 is 1.84 bits per heavy atom. The van der Waals surface area contributed by atoms with Crippen LogP contribution in [0.2, 0.25) is 0 Å². The second-order valence-electron chi connectivity index (χ2n) is 3.90. The van der Waals surface area contributed by atoms with Crippen LogP contribution in [0, 0.1) is 0 Å². The molecule has 3 nitrogen and oxygen atoms in total. The van der Waals surface area contributed by atoms with Crippen LogP contribution >= 0.6 is 0 Å². The maximum Gasteiger partial charge on any atom is 0.416 e.